The summed E-state index contributed by atoms with van der Waals surface area (Å²) in [6.45, 7) is 1.54. The number of carbonyl (C=O) groups excluding carboxylic acids is 1. The number of carbonyl (C=O) groups is 1. The summed E-state index contributed by atoms with van der Waals surface area (Å²) in [5.41, 5.74) is 1.03. The summed E-state index contributed by atoms with van der Waals surface area (Å²) in [5, 5.41) is 5.46. The number of hydrogen-bond acceptors (Lipinski definition) is 6. The van der Waals surface area contributed by atoms with Crippen molar-refractivity contribution in [3.63, 3.8) is 0 Å². The molecule has 1 amide bonds. The standard InChI is InChI=1S/C19H26N4O2S/c1-22(2)17-7-6-15(13-20-17)21-14-5-4-10-23(11-8-14)19(24)18-16(25-3)9-12-26-18/h6-7,9,12-14,21H,4-5,8,10-11H2,1-3H3/t14-/m1/s1. The highest BCUT2D eigenvalue weighted by Gasteiger charge is 2.24. The molecule has 0 aliphatic carbocycles. The molecule has 1 N–H and O–H groups in total. The molecule has 2 aromatic heterocycles. The van der Waals surface area contributed by atoms with Crippen molar-refractivity contribution in [3.8, 4) is 5.75 Å². The summed E-state index contributed by atoms with van der Waals surface area (Å²) in [5.74, 6) is 1.69. The number of methoxy groups -OCH3 is 1. The molecule has 0 spiro atoms. The largest absolute Gasteiger partial charge is 0.495 e. The second kappa shape index (κ2) is 8.40. The van der Waals surface area contributed by atoms with Gasteiger partial charge >= 0.3 is 0 Å². The van der Waals surface area contributed by atoms with Gasteiger partial charge < -0.3 is 19.9 Å². The molecule has 1 aliphatic heterocycles. The summed E-state index contributed by atoms with van der Waals surface area (Å²) in [6, 6.07) is 6.28. The lowest BCUT2D eigenvalue weighted by Gasteiger charge is -2.21. The molecule has 1 saturated heterocycles. The first kappa shape index (κ1) is 18.5. The Morgan fingerprint density at radius 3 is 2.85 bits per heavy atom. The van der Waals surface area contributed by atoms with Gasteiger partial charge in [0, 0.05) is 33.2 Å². The minimum Gasteiger partial charge on any atom is -0.495 e. The number of thiophene rings is 1. The molecule has 0 bridgehead atoms. The van der Waals surface area contributed by atoms with Gasteiger partial charge in [-0.3, -0.25) is 4.79 Å². The predicted molar refractivity (Wildman–Crippen MR) is 107 cm³/mol. The first-order valence-electron chi connectivity index (χ1n) is 8.89. The zero-order valence-electron chi connectivity index (χ0n) is 15.6. The zero-order chi connectivity index (χ0) is 18.5. The third-order valence-corrected chi connectivity index (χ3v) is 5.52. The third-order valence-electron chi connectivity index (χ3n) is 4.64. The van der Waals surface area contributed by atoms with Crippen LogP contribution in [0.5, 0.6) is 5.75 Å². The maximum Gasteiger partial charge on any atom is 0.267 e. The van der Waals surface area contributed by atoms with E-state index in [1.165, 1.54) is 11.3 Å². The van der Waals surface area contributed by atoms with Gasteiger partial charge in [-0.15, -0.1) is 11.3 Å². The quantitative estimate of drug-likeness (QED) is 0.870. The van der Waals surface area contributed by atoms with Crippen LogP contribution >= 0.6 is 11.3 Å². The number of aromatic nitrogens is 1. The van der Waals surface area contributed by atoms with Crippen LogP contribution in [0.4, 0.5) is 11.5 Å². The number of anilines is 2. The summed E-state index contributed by atoms with van der Waals surface area (Å²) in [4.78, 5) is 21.9. The maximum absolute atomic E-state index is 12.8. The van der Waals surface area contributed by atoms with E-state index in [2.05, 4.69) is 16.4 Å². The Labute approximate surface area is 158 Å². The molecule has 0 aromatic carbocycles. The van der Waals surface area contributed by atoms with Crippen LogP contribution in [-0.2, 0) is 0 Å². The normalized spacial score (nSPS) is 17.5. The van der Waals surface area contributed by atoms with Crippen LogP contribution in [0.15, 0.2) is 29.8 Å². The van der Waals surface area contributed by atoms with E-state index in [4.69, 9.17) is 4.74 Å². The average molecular weight is 375 g/mol. The van der Waals surface area contributed by atoms with Gasteiger partial charge in [-0.2, -0.15) is 0 Å². The van der Waals surface area contributed by atoms with E-state index in [0.29, 0.717) is 16.7 Å². The number of nitrogens with one attached hydrogen (secondary N) is 1. The number of amides is 1. The second-order valence-electron chi connectivity index (χ2n) is 6.68. The molecule has 0 radical (unpaired) electrons. The van der Waals surface area contributed by atoms with Crippen LogP contribution < -0.4 is 15.0 Å². The van der Waals surface area contributed by atoms with Gasteiger partial charge in [-0.1, -0.05) is 0 Å². The van der Waals surface area contributed by atoms with E-state index in [9.17, 15) is 4.79 Å². The highest BCUT2D eigenvalue weighted by molar-refractivity contribution is 7.12. The molecule has 3 heterocycles. The number of nitrogens with zero attached hydrogens (tertiary/aromatic N) is 3. The lowest BCUT2D eigenvalue weighted by atomic mass is 10.1. The minimum absolute atomic E-state index is 0.0782. The zero-order valence-corrected chi connectivity index (χ0v) is 16.4. The Morgan fingerprint density at radius 2 is 2.15 bits per heavy atom. The molecular weight excluding hydrogens is 348 g/mol. The van der Waals surface area contributed by atoms with Gasteiger partial charge in [0.05, 0.1) is 19.0 Å². The Hall–Kier alpha value is -2.28. The third kappa shape index (κ3) is 4.27. The fourth-order valence-corrected chi connectivity index (χ4v) is 4.00. The molecule has 1 fully saturated rings. The molecule has 26 heavy (non-hydrogen) atoms. The van der Waals surface area contributed by atoms with Gasteiger partial charge in [0.1, 0.15) is 16.4 Å². The Balaban J connectivity index is 1.58. The van der Waals surface area contributed by atoms with E-state index in [1.54, 1.807) is 7.11 Å². The van der Waals surface area contributed by atoms with Gasteiger partial charge in [0.2, 0.25) is 0 Å². The smallest absolute Gasteiger partial charge is 0.267 e. The number of likely N-dealkylation sites (tertiary alicyclic amines) is 1. The molecular formula is C19H26N4O2S. The van der Waals surface area contributed by atoms with Crippen molar-refractivity contribution < 1.29 is 9.53 Å². The van der Waals surface area contributed by atoms with Crippen molar-refractivity contribution in [1.82, 2.24) is 9.88 Å². The lowest BCUT2D eigenvalue weighted by molar-refractivity contribution is 0.0763. The number of rotatable bonds is 5. The van der Waals surface area contributed by atoms with Gasteiger partial charge in [-0.25, -0.2) is 4.98 Å². The van der Waals surface area contributed by atoms with Crippen LogP contribution in [0, 0.1) is 0 Å². The molecule has 2 aromatic rings. The van der Waals surface area contributed by atoms with Crippen molar-refractivity contribution in [1.29, 1.82) is 0 Å². The number of pyridine rings is 1. The fraction of sp³-hybridized carbons (Fsp3) is 0.474. The molecule has 0 unspecified atom stereocenters. The van der Waals surface area contributed by atoms with Crippen LogP contribution in [-0.4, -0.2) is 56.1 Å². The molecule has 1 atom stereocenters. The molecule has 1 aliphatic rings. The minimum atomic E-state index is 0.0782. The monoisotopic (exact) mass is 374 g/mol. The molecule has 3 rings (SSSR count). The van der Waals surface area contributed by atoms with Crippen molar-refractivity contribution in [2.24, 2.45) is 0 Å². The maximum atomic E-state index is 12.8. The summed E-state index contributed by atoms with van der Waals surface area (Å²) in [6.07, 6.45) is 4.83. The predicted octanol–water partition coefficient (Wildman–Crippen LogP) is 3.32. The summed E-state index contributed by atoms with van der Waals surface area (Å²) >= 11 is 1.45. The lowest BCUT2D eigenvalue weighted by Crippen LogP contribution is -2.32. The Bertz CT molecular complexity index is 729. The average Bonchev–Trinajstić information content (AvgIpc) is 3.01. The topological polar surface area (TPSA) is 57.7 Å². The first-order chi connectivity index (χ1) is 12.6. The fourth-order valence-electron chi connectivity index (χ4n) is 3.17. The molecule has 0 saturated carbocycles. The molecule has 6 nitrogen and oxygen atoms in total. The van der Waals surface area contributed by atoms with E-state index in [0.717, 1.165) is 43.9 Å². The number of ether oxygens (including phenoxy) is 1. The van der Waals surface area contributed by atoms with Crippen molar-refractivity contribution in [2.75, 3.05) is 44.5 Å². The van der Waals surface area contributed by atoms with Crippen LogP contribution in [0.25, 0.3) is 0 Å². The SMILES string of the molecule is COc1ccsc1C(=O)N1CCC[C@@H](Nc2ccc(N(C)C)nc2)CC1. The van der Waals surface area contributed by atoms with E-state index >= 15 is 0 Å². The Kier molecular flexibility index (Phi) is 5.98. The van der Waals surface area contributed by atoms with Crippen LogP contribution in [0.3, 0.4) is 0 Å². The van der Waals surface area contributed by atoms with Gasteiger partial charge in [-0.05, 0) is 42.8 Å². The van der Waals surface area contributed by atoms with Crippen LogP contribution in [0.1, 0.15) is 28.9 Å². The second-order valence-corrected chi connectivity index (χ2v) is 7.60. The van der Waals surface area contributed by atoms with E-state index < -0.39 is 0 Å². The van der Waals surface area contributed by atoms with Gasteiger partial charge in [0.25, 0.3) is 5.91 Å². The first-order valence-corrected chi connectivity index (χ1v) is 9.77. The van der Waals surface area contributed by atoms with Crippen molar-refractivity contribution in [3.05, 3.63) is 34.7 Å². The summed E-state index contributed by atoms with van der Waals surface area (Å²) < 4.78 is 5.30. The number of hydrogen-bond donors (Lipinski definition) is 1. The summed E-state index contributed by atoms with van der Waals surface area (Å²) in [7, 11) is 5.57. The van der Waals surface area contributed by atoms with Crippen molar-refractivity contribution >= 4 is 28.7 Å². The van der Waals surface area contributed by atoms with Crippen LogP contribution in [0.2, 0.25) is 0 Å². The van der Waals surface area contributed by atoms with Gasteiger partial charge in [0.15, 0.2) is 0 Å². The van der Waals surface area contributed by atoms with E-state index in [1.807, 2.05) is 47.6 Å². The van der Waals surface area contributed by atoms with Crippen molar-refractivity contribution in [2.45, 2.75) is 25.3 Å². The molecule has 140 valence electrons. The Morgan fingerprint density at radius 1 is 1.31 bits per heavy atom. The van der Waals surface area contributed by atoms with E-state index in [-0.39, 0.29) is 5.91 Å². The highest BCUT2D eigenvalue weighted by Crippen LogP contribution is 2.27. The molecule has 7 heteroatoms. The highest BCUT2D eigenvalue weighted by atomic mass is 32.1.